The lowest BCUT2D eigenvalue weighted by atomic mass is 10.1. The van der Waals surface area contributed by atoms with Crippen LogP contribution in [0.2, 0.25) is 0 Å². The molecule has 0 fully saturated rings. The van der Waals surface area contributed by atoms with Crippen molar-refractivity contribution in [1.29, 1.82) is 0 Å². The third kappa shape index (κ3) is 0.685. The minimum Gasteiger partial charge on any atom is -0.361 e. The van der Waals surface area contributed by atoms with Gasteiger partial charge in [-0.15, -0.1) is 0 Å². The minimum absolute atomic E-state index is 0.546. The van der Waals surface area contributed by atoms with Gasteiger partial charge in [-0.05, 0) is 18.2 Å². The Labute approximate surface area is 68.8 Å². The molecule has 0 bridgehead atoms. The summed E-state index contributed by atoms with van der Waals surface area (Å²) in [6, 6.07) is 6.04. The lowest BCUT2D eigenvalue weighted by Crippen LogP contribution is -1.81. The molecular weight excluding hydrogens is 154 g/mol. The SMILES string of the molecule is c1cc2cc3c(cc2[nH]1)COO3. The number of H-pyrrole nitrogens is 1. The van der Waals surface area contributed by atoms with E-state index in [1.54, 1.807) is 0 Å². The zero-order valence-electron chi connectivity index (χ0n) is 6.33. The van der Waals surface area contributed by atoms with E-state index in [0.29, 0.717) is 6.61 Å². The molecule has 0 atom stereocenters. The van der Waals surface area contributed by atoms with E-state index in [2.05, 4.69) is 11.1 Å². The van der Waals surface area contributed by atoms with Crippen LogP contribution in [0.5, 0.6) is 5.75 Å². The van der Waals surface area contributed by atoms with Gasteiger partial charge in [-0.3, -0.25) is 0 Å². The number of benzene rings is 1. The summed E-state index contributed by atoms with van der Waals surface area (Å²) in [4.78, 5) is 12.9. The molecule has 0 amide bonds. The molecule has 1 aliphatic heterocycles. The first-order valence-corrected chi connectivity index (χ1v) is 3.83. The van der Waals surface area contributed by atoms with Crippen LogP contribution in [-0.4, -0.2) is 4.98 Å². The van der Waals surface area contributed by atoms with Crippen molar-refractivity contribution in [1.82, 2.24) is 4.98 Å². The maximum absolute atomic E-state index is 4.96. The van der Waals surface area contributed by atoms with E-state index in [4.69, 9.17) is 9.78 Å². The highest BCUT2D eigenvalue weighted by Gasteiger charge is 2.14. The van der Waals surface area contributed by atoms with E-state index < -0.39 is 0 Å². The summed E-state index contributed by atoms with van der Waals surface area (Å²) in [5.74, 6) is 0.835. The predicted octanol–water partition coefficient (Wildman–Crippen LogP) is 1.99. The lowest BCUT2D eigenvalue weighted by Gasteiger charge is -1.94. The van der Waals surface area contributed by atoms with Crippen molar-refractivity contribution in [2.75, 3.05) is 0 Å². The first-order chi connectivity index (χ1) is 5.93. The quantitative estimate of drug-likeness (QED) is 0.599. The van der Waals surface area contributed by atoms with E-state index in [0.717, 1.165) is 22.2 Å². The molecule has 1 aromatic heterocycles. The van der Waals surface area contributed by atoms with Gasteiger partial charge in [0, 0.05) is 22.7 Å². The average molecular weight is 161 g/mol. The van der Waals surface area contributed by atoms with Crippen LogP contribution >= 0.6 is 0 Å². The molecule has 60 valence electrons. The van der Waals surface area contributed by atoms with Crippen molar-refractivity contribution in [2.24, 2.45) is 0 Å². The lowest BCUT2D eigenvalue weighted by molar-refractivity contribution is -0.194. The Kier molecular flexibility index (Phi) is 1.02. The first-order valence-electron chi connectivity index (χ1n) is 3.83. The van der Waals surface area contributed by atoms with Crippen molar-refractivity contribution in [3.05, 3.63) is 30.0 Å². The fraction of sp³-hybridized carbons (Fsp3) is 0.111. The smallest absolute Gasteiger partial charge is 0.171 e. The standard InChI is InChI=1S/C9H7NO2/c1-2-10-8-3-7-5-11-12-9(7)4-6(1)8/h1-4,10H,5H2. The zero-order valence-corrected chi connectivity index (χ0v) is 6.33. The Balaban J connectivity index is 2.38. The summed E-state index contributed by atoms with van der Waals surface area (Å²) in [5, 5.41) is 1.15. The van der Waals surface area contributed by atoms with Crippen LogP contribution in [-0.2, 0) is 11.5 Å². The van der Waals surface area contributed by atoms with Gasteiger partial charge in [0.15, 0.2) is 5.75 Å². The van der Waals surface area contributed by atoms with Crippen LogP contribution in [0.4, 0.5) is 0 Å². The van der Waals surface area contributed by atoms with Crippen LogP contribution in [0, 0.1) is 0 Å². The third-order valence-electron chi connectivity index (χ3n) is 2.10. The molecule has 3 rings (SSSR count). The van der Waals surface area contributed by atoms with Gasteiger partial charge in [0.2, 0.25) is 0 Å². The van der Waals surface area contributed by atoms with Crippen LogP contribution in [0.1, 0.15) is 5.56 Å². The first kappa shape index (κ1) is 6.08. The molecule has 3 nitrogen and oxygen atoms in total. The summed E-state index contributed by atoms with van der Waals surface area (Å²) < 4.78 is 0. The van der Waals surface area contributed by atoms with Gasteiger partial charge in [0.05, 0.1) is 0 Å². The summed E-state index contributed by atoms with van der Waals surface area (Å²) >= 11 is 0. The topological polar surface area (TPSA) is 34.2 Å². The number of rotatable bonds is 0. The minimum atomic E-state index is 0.546. The predicted molar refractivity (Wildman–Crippen MR) is 43.7 cm³/mol. The van der Waals surface area contributed by atoms with E-state index >= 15 is 0 Å². The highest BCUT2D eigenvalue weighted by Crippen LogP contribution is 2.30. The second kappa shape index (κ2) is 2.01. The van der Waals surface area contributed by atoms with E-state index in [-0.39, 0.29) is 0 Å². The molecule has 2 aromatic rings. The van der Waals surface area contributed by atoms with E-state index in [1.807, 2.05) is 18.3 Å². The van der Waals surface area contributed by atoms with E-state index in [9.17, 15) is 0 Å². The fourth-order valence-electron chi connectivity index (χ4n) is 1.47. The Bertz CT molecular complexity index is 395. The Morgan fingerprint density at radius 2 is 2.33 bits per heavy atom. The molecule has 1 aliphatic rings. The Morgan fingerprint density at radius 1 is 1.33 bits per heavy atom. The molecule has 0 saturated heterocycles. The zero-order chi connectivity index (χ0) is 7.97. The average Bonchev–Trinajstić information content (AvgIpc) is 2.64. The number of fused-ring (bicyclic) bond motifs is 2. The normalized spacial score (nSPS) is 14.7. The van der Waals surface area contributed by atoms with Gasteiger partial charge in [0.1, 0.15) is 6.61 Å². The van der Waals surface area contributed by atoms with Gasteiger partial charge in [-0.25, -0.2) is 0 Å². The van der Waals surface area contributed by atoms with E-state index in [1.165, 1.54) is 0 Å². The van der Waals surface area contributed by atoms with Crippen molar-refractivity contribution >= 4 is 10.9 Å². The third-order valence-corrected chi connectivity index (χ3v) is 2.10. The molecule has 1 N–H and O–H groups in total. The van der Waals surface area contributed by atoms with Gasteiger partial charge >= 0.3 is 0 Å². The van der Waals surface area contributed by atoms with Crippen LogP contribution in [0.25, 0.3) is 10.9 Å². The van der Waals surface area contributed by atoms with Crippen LogP contribution < -0.4 is 4.89 Å². The highest BCUT2D eigenvalue weighted by molar-refractivity contribution is 5.82. The van der Waals surface area contributed by atoms with Crippen molar-refractivity contribution < 1.29 is 9.78 Å². The fourth-order valence-corrected chi connectivity index (χ4v) is 1.47. The summed E-state index contributed by atoms with van der Waals surface area (Å²) in [6.07, 6.45) is 1.92. The monoisotopic (exact) mass is 161 g/mol. The van der Waals surface area contributed by atoms with Gasteiger partial charge < -0.3 is 9.87 Å². The molecule has 0 spiro atoms. The van der Waals surface area contributed by atoms with Gasteiger partial charge in [-0.1, -0.05) is 0 Å². The molecular formula is C9H7NO2. The maximum Gasteiger partial charge on any atom is 0.171 e. The van der Waals surface area contributed by atoms with Gasteiger partial charge in [0.25, 0.3) is 0 Å². The molecule has 0 radical (unpaired) electrons. The maximum atomic E-state index is 4.96. The summed E-state index contributed by atoms with van der Waals surface area (Å²) in [7, 11) is 0. The van der Waals surface area contributed by atoms with Crippen LogP contribution in [0.3, 0.4) is 0 Å². The summed E-state index contributed by atoms with van der Waals surface area (Å²) in [6.45, 7) is 0.546. The van der Waals surface area contributed by atoms with Gasteiger partial charge in [-0.2, -0.15) is 4.89 Å². The van der Waals surface area contributed by atoms with Crippen molar-refractivity contribution in [2.45, 2.75) is 6.61 Å². The molecule has 2 heterocycles. The van der Waals surface area contributed by atoms with Crippen molar-refractivity contribution in [3.63, 3.8) is 0 Å². The molecule has 1 aromatic carbocycles. The molecule has 0 aliphatic carbocycles. The Morgan fingerprint density at radius 3 is 3.33 bits per heavy atom. The molecule has 3 heteroatoms. The summed E-state index contributed by atoms with van der Waals surface area (Å²) in [5.41, 5.74) is 2.23. The van der Waals surface area contributed by atoms with Crippen LogP contribution in [0.15, 0.2) is 24.4 Å². The number of aromatic amines is 1. The number of nitrogens with one attached hydrogen (secondary N) is 1. The number of aromatic nitrogens is 1. The number of hydrogen-bond acceptors (Lipinski definition) is 2. The second-order valence-electron chi connectivity index (χ2n) is 2.87. The highest BCUT2D eigenvalue weighted by atomic mass is 17.2. The molecule has 0 unspecified atom stereocenters. The largest absolute Gasteiger partial charge is 0.361 e. The number of hydrogen-bond donors (Lipinski definition) is 1. The molecule has 12 heavy (non-hydrogen) atoms. The van der Waals surface area contributed by atoms with Crippen molar-refractivity contribution in [3.8, 4) is 5.75 Å². The Hall–Kier alpha value is -1.48. The second-order valence-corrected chi connectivity index (χ2v) is 2.87. The molecule has 0 saturated carbocycles.